The minimum atomic E-state index is 0.0395. The fourth-order valence-electron chi connectivity index (χ4n) is 4.00. The Kier molecular flexibility index (Phi) is 9.81. The maximum absolute atomic E-state index is 9.55. The summed E-state index contributed by atoms with van der Waals surface area (Å²) in [7, 11) is 0. The van der Waals surface area contributed by atoms with Crippen molar-refractivity contribution in [2.24, 2.45) is 11.3 Å². The van der Waals surface area contributed by atoms with Gasteiger partial charge in [-0.3, -0.25) is 0 Å². The molecule has 1 rings (SSSR count). The van der Waals surface area contributed by atoms with Gasteiger partial charge >= 0.3 is 0 Å². The predicted molar refractivity (Wildman–Crippen MR) is 92.1 cm³/mol. The molecule has 1 fully saturated rings. The first-order valence-corrected chi connectivity index (χ1v) is 9.64. The first-order valence-electron chi connectivity index (χ1n) is 9.64. The van der Waals surface area contributed by atoms with Gasteiger partial charge in [-0.25, -0.2) is 0 Å². The van der Waals surface area contributed by atoms with E-state index in [1.165, 1.54) is 77.0 Å². The Hall–Kier alpha value is -0.510. The van der Waals surface area contributed by atoms with Crippen molar-refractivity contribution in [1.29, 1.82) is 5.26 Å². The Balaban J connectivity index is 1.99. The van der Waals surface area contributed by atoms with Gasteiger partial charge in [0.15, 0.2) is 0 Å². The Morgan fingerprint density at radius 2 is 1.52 bits per heavy atom. The smallest absolute Gasteiger partial charge is 0.0689 e. The Labute approximate surface area is 133 Å². The molecule has 0 aliphatic heterocycles. The van der Waals surface area contributed by atoms with Gasteiger partial charge in [0, 0.05) is 0 Å². The summed E-state index contributed by atoms with van der Waals surface area (Å²) < 4.78 is 0. The van der Waals surface area contributed by atoms with Gasteiger partial charge in [0.25, 0.3) is 0 Å². The summed E-state index contributed by atoms with van der Waals surface area (Å²) in [6.07, 6.45) is 19.9. The van der Waals surface area contributed by atoms with E-state index in [-0.39, 0.29) is 5.41 Å². The van der Waals surface area contributed by atoms with E-state index in [4.69, 9.17) is 0 Å². The van der Waals surface area contributed by atoms with Crippen LogP contribution in [0.25, 0.3) is 0 Å². The first kappa shape index (κ1) is 18.5. The lowest BCUT2D eigenvalue weighted by Gasteiger charge is -2.34. The van der Waals surface area contributed by atoms with E-state index >= 15 is 0 Å². The summed E-state index contributed by atoms with van der Waals surface area (Å²) in [5.41, 5.74) is 0.0395. The molecule has 0 aromatic carbocycles. The molecule has 0 heterocycles. The lowest BCUT2D eigenvalue weighted by Crippen LogP contribution is -2.26. The highest BCUT2D eigenvalue weighted by atomic mass is 14.4. The van der Waals surface area contributed by atoms with Crippen LogP contribution in [0.5, 0.6) is 0 Å². The van der Waals surface area contributed by atoms with E-state index in [9.17, 15) is 5.26 Å². The van der Waals surface area contributed by atoms with Gasteiger partial charge in [0.1, 0.15) is 0 Å². The molecule has 0 radical (unpaired) electrons. The molecule has 1 nitrogen and oxygen atoms in total. The third kappa shape index (κ3) is 7.89. The second-order valence-electron chi connectivity index (χ2n) is 7.53. The molecule has 0 amide bonds. The third-order valence-electron chi connectivity index (χ3n) is 5.34. The molecular weight excluding hydrogens is 254 g/mol. The number of nitrogens with zero attached hydrogens (tertiary/aromatic N) is 1. The molecule has 2 unspecified atom stereocenters. The van der Waals surface area contributed by atoms with Crippen molar-refractivity contribution in [2.75, 3.05) is 0 Å². The van der Waals surface area contributed by atoms with Gasteiger partial charge in [0.05, 0.1) is 11.5 Å². The Morgan fingerprint density at radius 3 is 2.05 bits per heavy atom. The van der Waals surface area contributed by atoms with Crippen LogP contribution in [0.15, 0.2) is 0 Å². The number of rotatable bonds is 11. The summed E-state index contributed by atoms with van der Waals surface area (Å²) in [5.74, 6) is 0.765. The zero-order valence-electron chi connectivity index (χ0n) is 14.6. The van der Waals surface area contributed by atoms with Gasteiger partial charge in [-0.2, -0.15) is 5.26 Å². The Morgan fingerprint density at radius 1 is 0.952 bits per heavy atom. The molecule has 0 aromatic heterocycles. The molecule has 21 heavy (non-hydrogen) atoms. The van der Waals surface area contributed by atoms with E-state index in [0.717, 1.165) is 25.2 Å². The van der Waals surface area contributed by atoms with Gasteiger partial charge < -0.3 is 0 Å². The van der Waals surface area contributed by atoms with Crippen molar-refractivity contribution >= 4 is 0 Å². The summed E-state index contributed by atoms with van der Waals surface area (Å²) >= 11 is 0. The summed E-state index contributed by atoms with van der Waals surface area (Å²) in [6.45, 7) is 4.60. The van der Waals surface area contributed by atoms with Crippen LogP contribution < -0.4 is 0 Å². The standard InChI is InChI=1S/C20H37N/c1-3-4-5-6-7-8-9-10-11-12-15-20(18-21)16-13-14-19(2)17-20/h19H,3-17H2,1-2H3. The molecule has 0 aromatic rings. The third-order valence-corrected chi connectivity index (χ3v) is 5.34. The average molecular weight is 292 g/mol. The Bertz CT molecular complexity index is 291. The molecule has 122 valence electrons. The molecule has 1 saturated carbocycles. The largest absolute Gasteiger partial charge is 0.198 e. The normalized spacial score (nSPS) is 25.7. The van der Waals surface area contributed by atoms with E-state index < -0.39 is 0 Å². The molecule has 0 bridgehead atoms. The molecule has 0 spiro atoms. The minimum Gasteiger partial charge on any atom is -0.198 e. The molecule has 1 aliphatic carbocycles. The zero-order chi connectivity index (χ0) is 15.4. The van der Waals surface area contributed by atoms with Crippen molar-refractivity contribution in [3.63, 3.8) is 0 Å². The van der Waals surface area contributed by atoms with Crippen molar-refractivity contribution in [3.8, 4) is 6.07 Å². The first-order chi connectivity index (χ1) is 10.2. The van der Waals surface area contributed by atoms with Crippen molar-refractivity contribution in [3.05, 3.63) is 0 Å². The van der Waals surface area contributed by atoms with Crippen molar-refractivity contribution in [1.82, 2.24) is 0 Å². The number of nitriles is 1. The van der Waals surface area contributed by atoms with E-state index in [1.54, 1.807) is 0 Å². The SMILES string of the molecule is CCCCCCCCCCCCC1(C#N)CCCC(C)C1. The molecule has 1 aliphatic rings. The highest BCUT2D eigenvalue weighted by Crippen LogP contribution is 2.42. The second kappa shape index (κ2) is 11.1. The zero-order valence-corrected chi connectivity index (χ0v) is 14.6. The van der Waals surface area contributed by atoms with Crippen LogP contribution in [0.3, 0.4) is 0 Å². The van der Waals surface area contributed by atoms with Gasteiger partial charge in [-0.1, -0.05) is 90.9 Å². The molecule has 0 N–H and O–H groups in total. The lowest BCUT2D eigenvalue weighted by atomic mass is 9.68. The van der Waals surface area contributed by atoms with Crippen LogP contribution >= 0.6 is 0 Å². The monoisotopic (exact) mass is 291 g/mol. The molecule has 1 heteroatoms. The predicted octanol–water partition coefficient (Wildman–Crippen LogP) is 7.02. The minimum absolute atomic E-state index is 0.0395. The second-order valence-corrected chi connectivity index (χ2v) is 7.53. The van der Waals surface area contributed by atoms with E-state index in [1.807, 2.05) is 0 Å². The van der Waals surface area contributed by atoms with Crippen LogP contribution in [0.4, 0.5) is 0 Å². The summed E-state index contributed by atoms with van der Waals surface area (Å²) in [5, 5.41) is 9.55. The van der Waals surface area contributed by atoms with Crippen LogP contribution in [-0.4, -0.2) is 0 Å². The highest BCUT2D eigenvalue weighted by Gasteiger charge is 2.34. The number of hydrogen-bond donors (Lipinski definition) is 0. The highest BCUT2D eigenvalue weighted by molar-refractivity contribution is 5.01. The molecule has 2 atom stereocenters. The van der Waals surface area contributed by atoms with Crippen LogP contribution in [0.2, 0.25) is 0 Å². The fraction of sp³-hybridized carbons (Fsp3) is 0.950. The van der Waals surface area contributed by atoms with E-state index in [0.29, 0.717) is 0 Å². The van der Waals surface area contributed by atoms with Crippen LogP contribution in [0, 0.1) is 22.7 Å². The maximum atomic E-state index is 9.55. The average Bonchev–Trinajstić information content (AvgIpc) is 2.49. The van der Waals surface area contributed by atoms with Crippen molar-refractivity contribution in [2.45, 2.75) is 110 Å². The summed E-state index contributed by atoms with van der Waals surface area (Å²) in [4.78, 5) is 0. The maximum Gasteiger partial charge on any atom is 0.0689 e. The quantitative estimate of drug-likeness (QED) is 0.375. The number of unbranched alkanes of at least 4 members (excludes halogenated alkanes) is 9. The van der Waals surface area contributed by atoms with Gasteiger partial charge in [-0.15, -0.1) is 0 Å². The number of hydrogen-bond acceptors (Lipinski definition) is 1. The van der Waals surface area contributed by atoms with Crippen molar-refractivity contribution < 1.29 is 0 Å². The molecular formula is C20H37N. The fourth-order valence-corrected chi connectivity index (χ4v) is 4.00. The van der Waals surface area contributed by atoms with Gasteiger partial charge in [0.2, 0.25) is 0 Å². The summed E-state index contributed by atoms with van der Waals surface area (Å²) in [6, 6.07) is 2.68. The molecule has 0 saturated heterocycles. The van der Waals surface area contributed by atoms with E-state index in [2.05, 4.69) is 19.9 Å². The van der Waals surface area contributed by atoms with Crippen LogP contribution in [0.1, 0.15) is 110 Å². The van der Waals surface area contributed by atoms with Gasteiger partial charge in [-0.05, 0) is 25.2 Å². The topological polar surface area (TPSA) is 23.8 Å². The van der Waals surface area contributed by atoms with Crippen LogP contribution in [-0.2, 0) is 0 Å². The lowest BCUT2D eigenvalue weighted by molar-refractivity contribution is 0.192.